The maximum atomic E-state index is 5.11. The minimum Gasteiger partial charge on any atom is -0.294 e. The zero-order valence-corrected chi connectivity index (χ0v) is 19.4. The van der Waals surface area contributed by atoms with Crippen LogP contribution in [-0.2, 0) is 19.5 Å². The second-order valence-corrected chi connectivity index (χ2v) is 8.96. The van der Waals surface area contributed by atoms with Crippen molar-refractivity contribution in [3.63, 3.8) is 0 Å². The van der Waals surface area contributed by atoms with Gasteiger partial charge in [-0.1, -0.05) is 115 Å². The molecule has 0 amide bonds. The number of hydrogen-bond donors (Lipinski definition) is 0. The predicted molar refractivity (Wildman–Crippen MR) is 142 cm³/mol. The van der Waals surface area contributed by atoms with E-state index in [1.165, 1.54) is 22.1 Å². The van der Waals surface area contributed by atoms with Crippen molar-refractivity contribution in [3.05, 3.63) is 150 Å². The Balaban J connectivity index is 1.47. The third-order valence-corrected chi connectivity index (χ3v) is 6.34. The summed E-state index contributed by atoms with van der Waals surface area (Å²) in [5, 5.41) is 1.19. The summed E-state index contributed by atoms with van der Waals surface area (Å²) in [6, 6.07) is 45.2. The van der Waals surface area contributed by atoms with Crippen molar-refractivity contribution in [2.75, 3.05) is 6.54 Å². The highest BCUT2D eigenvalue weighted by Crippen LogP contribution is 2.25. The molecule has 1 unspecified atom stereocenters. The van der Waals surface area contributed by atoms with E-state index >= 15 is 0 Å². The molecule has 0 aliphatic rings. The summed E-state index contributed by atoms with van der Waals surface area (Å²) in [5.74, 6) is 0.291. The van der Waals surface area contributed by atoms with Crippen molar-refractivity contribution in [2.45, 2.75) is 25.4 Å². The van der Waals surface area contributed by atoms with Crippen molar-refractivity contribution in [3.8, 4) is 0 Å². The SMILES string of the molecule is c1ccc(CC(CN(Cc2ccccc2)Cc2ccccc2)c2ccc3ccccc3n2)cc1. The van der Waals surface area contributed by atoms with Gasteiger partial charge in [-0.3, -0.25) is 9.88 Å². The first-order valence-electron chi connectivity index (χ1n) is 12.0. The van der Waals surface area contributed by atoms with Gasteiger partial charge < -0.3 is 0 Å². The molecule has 0 fully saturated rings. The highest BCUT2D eigenvalue weighted by molar-refractivity contribution is 5.78. The summed E-state index contributed by atoms with van der Waals surface area (Å²) < 4.78 is 0. The van der Waals surface area contributed by atoms with Crippen LogP contribution in [-0.4, -0.2) is 16.4 Å². The molecule has 0 saturated carbocycles. The number of aromatic nitrogens is 1. The van der Waals surface area contributed by atoms with E-state index in [0.717, 1.165) is 37.3 Å². The lowest BCUT2D eigenvalue weighted by atomic mass is 9.94. The summed E-state index contributed by atoms with van der Waals surface area (Å²) >= 11 is 0. The van der Waals surface area contributed by atoms with E-state index in [9.17, 15) is 0 Å². The smallest absolute Gasteiger partial charge is 0.0705 e. The molecule has 0 bridgehead atoms. The predicted octanol–water partition coefficient (Wildman–Crippen LogP) is 7.26. The van der Waals surface area contributed by atoms with Gasteiger partial charge >= 0.3 is 0 Å². The van der Waals surface area contributed by atoms with Gasteiger partial charge in [0.1, 0.15) is 0 Å². The summed E-state index contributed by atoms with van der Waals surface area (Å²) in [6.07, 6.45) is 0.965. The molecule has 0 aliphatic heterocycles. The highest BCUT2D eigenvalue weighted by Gasteiger charge is 2.19. The third-order valence-electron chi connectivity index (χ3n) is 6.34. The normalized spacial score (nSPS) is 12.1. The number of rotatable bonds is 9. The Bertz CT molecular complexity index is 1260. The molecule has 168 valence electrons. The fourth-order valence-electron chi connectivity index (χ4n) is 4.65. The standard InChI is InChI=1S/C32H30N2/c1-4-12-26(13-5-1)22-30(32-21-20-29-18-10-11-19-31(29)33-32)25-34(23-27-14-6-2-7-15-27)24-28-16-8-3-9-17-28/h1-21,30H,22-25H2. The molecule has 0 radical (unpaired) electrons. The number of pyridine rings is 1. The highest BCUT2D eigenvalue weighted by atomic mass is 15.1. The van der Waals surface area contributed by atoms with Crippen molar-refractivity contribution < 1.29 is 0 Å². The first-order valence-corrected chi connectivity index (χ1v) is 12.0. The molecule has 1 aromatic heterocycles. The van der Waals surface area contributed by atoms with Gasteiger partial charge in [0, 0.05) is 36.6 Å². The molecular weight excluding hydrogens is 412 g/mol. The zero-order valence-electron chi connectivity index (χ0n) is 19.4. The van der Waals surface area contributed by atoms with Crippen molar-refractivity contribution in [1.29, 1.82) is 0 Å². The van der Waals surface area contributed by atoms with Crippen molar-refractivity contribution >= 4 is 10.9 Å². The van der Waals surface area contributed by atoms with Gasteiger partial charge in [0.05, 0.1) is 5.52 Å². The third kappa shape index (κ3) is 5.78. The van der Waals surface area contributed by atoms with E-state index in [0.29, 0.717) is 5.92 Å². The summed E-state index contributed by atoms with van der Waals surface area (Å²) in [4.78, 5) is 7.68. The van der Waals surface area contributed by atoms with Crippen molar-refractivity contribution in [2.24, 2.45) is 0 Å². The quantitative estimate of drug-likeness (QED) is 0.239. The summed E-state index contributed by atoms with van der Waals surface area (Å²) in [7, 11) is 0. The van der Waals surface area contributed by atoms with E-state index in [1.807, 2.05) is 0 Å². The molecule has 34 heavy (non-hydrogen) atoms. The van der Waals surface area contributed by atoms with Gasteiger partial charge in [-0.15, -0.1) is 0 Å². The first kappa shape index (κ1) is 22.1. The molecule has 2 nitrogen and oxygen atoms in total. The van der Waals surface area contributed by atoms with Crippen LogP contribution in [0.5, 0.6) is 0 Å². The second-order valence-electron chi connectivity index (χ2n) is 8.96. The Kier molecular flexibility index (Phi) is 7.08. The van der Waals surface area contributed by atoms with Crippen LogP contribution in [0.4, 0.5) is 0 Å². The van der Waals surface area contributed by atoms with Crippen LogP contribution in [0.1, 0.15) is 28.3 Å². The fourth-order valence-corrected chi connectivity index (χ4v) is 4.65. The number of fused-ring (bicyclic) bond motifs is 1. The molecule has 5 rings (SSSR count). The van der Waals surface area contributed by atoms with Gasteiger partial charge in [0.15, 0.2) is 0 Å². The van der Waals surface area contributed by atoms with Crippen molar-refractivity contribution in [1.82, 2.24) is 9.88 Å². The van der Waals surface area contributed by atoms with Crippen LogP contribution in [0, 0.1) is 0 Å². The molecule has 0 aliphatic carbocycles. The minimum absolute atomic E-state index is 0.291. The van der Waals surface area contributed by atoms with Gasteiger partial charge in [-0.25, -0.2) is 0 Å². The van der Waals surface area contributed by atoms with Gasteiger partial charge in [-0.2, -0.15) is 0 Å². The fraction of sp³-hybridized carbons (Fsp3) is 0.156. The minimum atomic E-state index is 0.291. The van der Waals surface area contributed by atoms with E-state index < -0.39 is 0 Å². The Morgan fingerprint density at radius 2 is 1.06 bits per heavy atom. The van der Waals surface area contributed by atoms with E-state index in [2.05, 4.69) is 132 Å². The molecule has 2 heteroatoms. The zero-order chi connectivity index (χ0) is 23.0. The van der Waals surface area contributed by atoms with E-state index in [-0.39, 0.29) is 0 Å². The van der Waals surface area contributed by atoms with Crippen LogP contribution in [0.15, 0.2) is 127 Å². The molecule has 4 aromatic carbocycles. The average Bonchev–Trinajstić information content (AvgIpc) is 2.90. The number of nitrogens with zero attached hydrogens (tertiary/aromatic N) is 2. The topological polar surface area (TPSA) is 16.1 Å². The molecule has 5 aromatic rings. The molecule has 0 N–H and O–H groups in total. The van der Waals surface area contributed by atoms with Gasteiger partial charge in [0.25, 0.3) is 0 Å². The average molecular weight is 443 g/mol. The molecule has 0 saturated heterocycles. The molecule has 1 heterocycles. The maximum absolute atomic E-state index is 5.11. The lowest BCUT2D eigenvalue weighted by molar-refractivity contribution is 0.237. The lowest BCUT2D eigenvalue weighted by Crippen LogP contribution is -2.29. The van der Waals surface area contributed by atoms with Crippen LogP contribution in [0.25, 0.3) is 10.9 Å². The number of benzene rings is 4. The number of hydrogen-bond acceptors (Lipinski definition) is 2. The van der Waals surface area contributed by atoms with E-state index in [4.69, 9.17) is 4.98 Å². The summed E-state index contributed by atoms with van der Waals surface area (Å²) in [5.41, 5.74) is 6.25. The van der Waals surface area contributed by atoms with Gasteiger partial charge in [0.2, 0.25) is 0 Å². The molecule has 1 atom stereocenters. The van der Waals surface area contributed by atoms with E-state index in [1.54, 1.807) is 0 Å². The summed E-state index contributed by atoms with van der Waals surface area (Å²) in [6.45, 7) is 2.76. The lowest BCUT2D eigenvalue weighted by Gasteiger charge is -2.28. The molecule has 0 spiro atoms. The Labute approximate surface area is 202 Å². The van der Waals surface area contributed by atoms with Crippen LogP contribution < -0.4 is 0 Å². The van der Waals surface area contributed by atoms with Crippen LogP contribution in [0.3, 0.4) is 0 Å². The van der Waals surface area contributed by atoms with Crippen LogP contribution >= 0.6 is 0 Å². The second kappa shape index (κ2) is 10.9. The monoisotopic (exact) mass is 442 g/mol. The van der Waals surface area contributed by atoms with Gasteiger partial charge in [-0.05, 0) is 35.2 Å². The Morgan fingerprint density at radius 3 is 1.68 bits per heavy atom. The maximum Gasteiger partial charge on any atom is 0.0705 e. The first-order chi connectivity index (χ1) is 16.8. The van der Waals surface area contributed by atoms with Crippen LogP contribution in [0.2, 0.25) is 0 Å². The Hall–Kier alpha value is -3.75. The largest absolute Gasteiger partial charge is 0.294 e. The Morgan fingerprint density at radius 1 is 0.529 bits per heavy atom. The number of para-hydroxylation sites is 1. The molecular formula is C32H30N2.